The van der Waals surface area contributed by atoms with Crippen LogP contribution in [0.5, 0.6) is 5.75 Å². The molecule has 1 aliphatic rings. The summed E-state index contributed by atoms with van der Waals surface area (Å²) >= 11 is 0. The van der Waals surface area contributed by atoms with Crippen LogP contribution in [0.1, 0.15) is 34.3 Å². The van der Waals surface area contributed by atoms with Crippen molar-refractivity contribution in [1.29, 1.82) is 0 Å². The van der Waals surface area contributed by atoms with E-state index < -0.39 is 5.60 Å². The summed E-state index contributed by atoms with van der Waals surface area (Å²) in [4.78, 5) is 12.8. The normalized spacial score (nSPS) is 18.7. The molecule has 3 aromatic rings. The summed E-state index contributed by atoms with van der Waals surface area (Å²) in [5.74, 6) is 0.624. The summed E-state index contributed by atoms with van der Waals surface area (Å²) in [6.07, 6.45) is 2.41. The number of amides is 1. The molecule has 0 aliphatic heterocycles. The topological polar surface area (TPSA) is 58.6 Å². The number of rotatable bonds is 4. The Labute approximate surface area is 158 Å². The van der Waals surface area contributed by atoms with Gasteiger partial charge in [0.2, 0.25) is 0 Å². The van der Waals surface area contributed by atoms with Crippen molar-refractivity contribution in [2.45, 2.75) is 24.9 Å². The quantitative estimate of drug-likeness (QED) is 0.743. The fourth-order valence-electron chi connectivity index (χ4n) is 3.99. The van der Waals surface area contributed by atoms with Crippen LogP contribution in [-0.2, 0) is 12.0 Å². The summed E-state index contributed by atoms with van der Waals surface area (Å²) in [6.45, 7) is 0.189. The highest BCUT2D eigenvalue weighted by Crippen LogP contribution is 2.36. The second-order valence-corrected chi connectivity index (χ2v) is 7.12. The van der Waals surface area contributed by atoms with Crippen molar-refractivity contribution in [1.82, 2.24) is 5.32 Å². The van der Waals surface area contributed by atoms with Crippen molar-refractivity contribution >= 4 is 16.7 Å². The molecule has 1 aliphatic carbocycles. The molecule has 0 fully saturated rings. The fraction of sp³-hybridized carbons (Fsp3) is 0.261. The maximum Gasteiger partial charge on any atom is 0.252 e. The molecule has 138 valence electrons. The van der Waals surface area contributed by atoms with Gasteiger partial charge in [-0.15, -0.1) is 0 Å². The molecule has 27 heavy (non-hydrogen) atoms. The molecule has 0 radical (unpaired) electrons. The fourth-order valence-corrected chi connectivity index (χ4v) is 3.99. The second kappa shape index (κ2) is 7.05. The summed E-state index contributed by atoms with van der Waals surface area (Å²) in [7, 11) is 1.64. The Morgan fingerprint density at radius 3 is 2.81 bits per heavy atom. The van der Waals surface area contributed by atoms with Gasteiger partial charge in [0.1, 0.15) is 11.4 Å². The molecule has 2 N–H and O–H groups in total. The van der Waals surface area contributed by atoms with Crippen molar-refractivity contribution in [3.8, 4) is 5.75 Å². The molecule has 4 nitrogen and oxygen atoms in total. The number of hydrogen-bond donors (Lipinski definition) is 2. The number of benzene rings is 3. The molecular weight excluding hydrogens is 338 g/mol. The van der Waals surface area contributed by atoms with Gasteiger partial charge in [-0.1, -0.05) is 42.5 Å². The molecule has 0 aromatic heterocycles. The van der Waals surface area contributed by atoms with E-state index in [4.69, 9.17) is 4.74 Å². The first kappa shape index (κ1) is 17.6. The van der Waals surface area contributed by atoms with Crippen LogP contribution in [0.25, 0.3) is 10.8 Å². The van der Waals surface area contributed by atoms with Crippen molar-refractivity contribution in [3.05, 3.63) is 77.4 Å². The lowest BCUT2D eigenvalue weighted by Crippen LogP contribution is -2.43. The number of nitrogens with one attached hydrogen (secondary N) is 1. The molecule has 4 rings (SSSR count). The third-order valence-corrected chi connectivity index (χ3v) is 5.43. The van der Waals surface area contributed by atoms with E-state index in [-0.39, 0.29) is 12.5 Å². The van der Waals surface area contributed by atoms with Gasteiger partial charge in [-0.05, 0) is 59.4 Å². The van der Waals surface area contributed by atoms with Crippen LogP contribution in [0.15, 0.2) is 60.7 Å². The van der Waals surface area contributed by atoms with Gasteiger partial charge in [0.15, 0.2) is 0 Å². The summed E-state index contributed by atoms with van der Waals surface area (Å²) in [5.41, 5.74) is 1.54. The molecule has 0 bridgehead atoms. The van der Waals surface area contributed by atoms with Crippen LogP contribution in [0, 0.1) is 0 Å². The third-order valence-electron chi connectivity index (χ3n) is 5.43. The van der Waals surface area contributed by atoms with E-state index in [1.54, 1.807) is 7.11 Å². The van der Waals surface area contributed by atoms with Crippen molar-refractivity contribution in [2.75, 3.05) is 13.7 Å². The lowest BCUT2D eigenvalue weighted by Gasteiger charge is -2.35. The highest BCUT2D eigenvalue weighted by molar-refractivity contribution is 6.07. The number of ether oxygens (including phenoxy) is 1. The van der Waals surface area contributed by atoms with Crippen LogP contribution < -0.4 is 10.1 Å². The number of fused-ring (bicyclic) bond motifs is 2. The average molecular weight is 361 g/mol. The van der Waals surface area contributed by atoms with Gasteiger partial charge >= 0.3 is 0 Å². The average Bonchev–Trinajstić information content (AvgIpc) is 2.71. The first-order chi connectivity index (χ1) is 13.1. The van der Waals surface area contributed by atoms with Crippen LogP contribution in [0.3, 0.4) is 0 Å². The maximum atomic E-state index is 12.8. The number of methoxy groups -OCH3 is 1. The van der Waals surface area contributed by atoms with Crippen molar-refractivity contribution in [2.24, 2.45) is 0 Å². The molecule has 0 saturated heterocycles. The number of aryl methyl sites for hydroxylation is 1. The van der Waals surface area contributed by atoms with Crippen molar-refractivity contribution in [3.63, 3.8) is 0 Å². The van der Waals surface area contributed by atoms with E-state index >= 15 is 0 Å². The van der Waals surface area contributed by atoms with Crippen LogP contribution in [0.4, 0.5) is 0 Å². The minimum absolute atomic E-state index is 0.166. The molecule has 0 spiro atoms. The monoisotopic (exact) mass is 361 g/mol. The minimum Gasteiger partial charge on any atom is -0.497 e. The summed E-state index contributed by atoms with van der Waals surface area (Å²) < 4.78 is 5.29. The molecule has 4 heteroatoms. The van der Waals surface area contributed by atoms with Gasteiger partial charge in [-0.2, -0.15) is 0 Å². The Morgan fingerprint density at radius 2 is 1.96 bits per heavy atom. The Balaban J connectivity index is 1.57. The smallest absolute Gasteiger partial charge is 0.252 e. The first-order valence-corrected chi connectivity index (χ1v) is 9.26. The predicted octanol–water partition coefficient (Wildman–Crippen LogP) is 3.80. The van der Waals surface area contributed by atoms with Crippen LogP contribution >= 0.6 is 0 Å². The Hall–Kier alpha value is -2.85. The zero-order chi connectivity index (χ0) is 18.9. The molecular formula is C23H23NO3. The lowest BCUT2D eigenvalue weighted by atomic mass is 9.79. The van der Waals surface area contributed by atoms with E-state index in [0.717, 1.165) is 40.5 Å². The standard InChI is InChI=1S/C23H23NO3/c1-27-18-11-12-21-17(14-18)8-5-13-23(21,26)15-24-22(25)20-10-4-7-16-6-2-3-9-19(16)20/h2-4,6-7,9-12,14,26H,5,8,13,15H2,1H3,(H,24,25)/t23-/m0/s1. The maximum absolute atomic E-state index is 12.8. The minimum atomic E-state index is -1.06. The number of carbonyl (C=O) groups is 1. The number of hydrogen-bond acceptors (Lipinski definition) is 3. The van der Waals surface area contributed by atoms with Gasteiger partial charge < -0.3 is 15.2 Å². The van der Waals surface area contributed by atoms with Crippen LogP contribution in [0.2, 0.25) is 0 Å². The Bertz CT molecular complexity index is 993. The number of aliphatic hydroxyl groups is 1. The first-order valence-electron chi connectivity index (χ1n) is 9.26. The second-order valence-electron chi connectivity index (χ2n) is 7.12. The summed E-state index contributed by atoms with van der Waals surface area (Å²) in [5, 5.41) is 16.1. The van der Waals surface area contributed by atoms with Gasteiger partial charge in [0.25, 0.3) is 5.91 Å². The van der Waals surface area contributed by atoms with E-state index in [0.29, 0.717) is 12.0 Å². The van der Waals surface area contributed by atoms with Gasteiger partial charge in [-0.3, -0.25) is 4.79 Å². The van der Waals surface area contributed by atoms with E-state index in [1.165, 1.54) is 0 Å². The SMILES string of the molecule is COc1ccc2c(c1)CCC[C@]2(O)CNC(=O)c1cccc2ccccc12. The Kier molecular flexibility index (Phi) is 4.58. The molecule has 3 aromatic carbocycles. The zero-order valence-electron chi connectivity index (χ0n) is 15.4. The largest absolute Gasteiger partial charge is 0.497 e. The predicted molar refractivity (Wildman–Crippen MR) is 106 cm³/mol. The van der Waals surface area contributed by atoms with Crippen molar-refractivity contribution < 1.29 is 14.6 Å². The van der Waals surface area contributed by atoms with E-state index in [1.807, 2.05) is 60.7 Å². The molecule has 0 unspecified atom stereocenters. The van der Waals surface area contributed by atoms with E-state index in [9.17, 15) is 9.90 Å². The molecule has 1 atom stereocenters. The van der Waals surface area contributed by atoms with Crippen LogP contribution in [-0.4, -0.2) is 24.7 Å². The number of carbonyl (C=O) groups excluding carboxylic acids is 1. The molecule has 0 heterocycles. The third kappa shape index (κ3) is 3.28. The van der Waals surface area contributed by atoms with Gasteiger partial charge in [0.05, 0.1) is 13.7 Å². The van der Waals surface area contributed by atoms with Gasteiger partial charge in [-0.25, -0.2) is 0 Å². The molecule has 0 saturated carbocycles. The highest BCUT2D eigenvalue weighted by atomic mass is 16.5. The Morgan fingerprint density at radius 1 is 1.15 bits per heavy atom. The molecule has 1 amide bonds. The van der Waals surface area contributed by atoms with E-state index in [2.05, 4.69) is 5.32 Å². The summed E-state index contributed by atoms with van der Waals surface area (Å²) in [6, 6.07) is 19.3. The zero-order valence-corrected chi connectivity index (χ0v) is 15.4. The highest BCUT2D eigenvalue weighted by Gasteiger charge is 2.35. The van der Waals surface area contributed by atoms with Gasteiger partial charge in [0, 0.05) is 5.56 Å². The lowest BCUT2D eigenvalue weighted by molar-refractivity contribution is 0.0189.